The molecule has 0 spiro atoms. The van der Waals surface area contributed by atoms with Crippen molar-refractivity contribution in [2.45, 2.75) is 19.4 Å². The molecule has 74 valence electrons. The Balaban J connectivity index is 2.72. The number of hydrogen-bond acceptors (Lipinski definition) is 2. The highest BCUT2D eigenvalue weighted by molar-refractivity contribution is 6.34. The van der Waals surface area contributed by atoms with Crippen LogP contribution in [0.2, 0.25) is 10.0 Å². The van der Waals surface area contributed by atoms with Crippen LogP contribution in [0.1, 0.15) is 13.3 Å². The number of hydrogen-bond donors (Lipinski definition) is 0. The Kier molecular flexibility index (Phi) is 4.06. The van der Waals surface area contributed by atoms with Gasteiger partial charge in [0.1, 0.15) is 11.9 Å². The van der Waals surface area contributed by atoms with E-state index in [1.54, 1.807) is 18.2 Å². The van der Waals surface area contributed by atoms with Gasteiger partial charge in [0, 0.05) is 10.0 Å². The molecule has 0 aliphatic carbocycles. The van der Waals surface area contributed by atoms with Crippen LogP contribution in [-0.4, -0.2) is 6.10 Å². The second-order valence-corrected chi connectivity index (χ2v) is 3.77. The lowest BCUT2D eigenvalue weighted by atomic mass is 10.3. The maximum Gasteiger partial charge on any atom is 0.122 e. The van der Waals surface area contributed by atoms with Gasteiger partial charge in [0.25, 0.3) is 0 Å². The van der Waals surface area contributed by atoms with Gasteiger partial charge in [0.2, 0.25) is 0 Å². The normalized spacial score (nSPS) is 11.9. The monoisotopic (exact) mass is 229 g/mol. The largest absolute Gasteiger partial charge is 0.490 e. The summed E-state index contributed by atoms with van der Waals surface area (Å²) in [4.78, 5) is 0. The summed E-state index contributed by atoms with van der Waals surface area (Å²) in [6, 6.07) is 6.99. The highest BCUT2D eigenvalue weighted by Crippen LogP contribution is 2.25. The van der Waals surface area contributed by atoms with Crippen molar-refractivity contribution < 1.29 is 4.74 Å². The van der Waals surface area contributed by atoms with Gasteiger partial charge in [-0.15, -0.1) is 0 Å². The number of nitriles is 1. The van der Waals surface area contributed by atoms with E-state index in [-0.39, 0.29) is 6.10 Å². The maximum absolute atomic E-state index is 8.44. The van der Waals surface area contributed by atoms with Crippen molar-refractivity contribution in [1.82, 2.24) is 0 Å². The lowest BCUT2D eigenvalue weighted by Crippen LogP contribution is -2.10. The van der Waals surface area contributed by atoms with Crippen molar-refractivity contribution in [1.29, 1.82) is 5.26 Å². The number of rotatable bonds is 3. The molecule has 1 aromatic rings. The van der Waals surface area contributed by atoms with E-state index in [0.717, 1.165) is 0 Å². The van der Waals surface area contributed by atoms with Gasteiger partial charge in [-0.2, -0.15) is 5.26 Å². The zero-order valence-corrected chi connectivity index (χ0v) is 9.14. The van der Waals surface area contributed by atoms with Crippen LogP contribution in [0, 0.1) is 11.3 Å². The second-order valence-electron chi connectivity index (χ2n) is 2.90. The van der Waals surface area contributed by atoms with Crippen molar-refractivity contribution in [3.8, 4) is 11.8 Å². The summed E-state index contributed by atoms with van der Waals surface area (Å²) in [5.74, 6) is 0.588. The zero-order valence-electron chi connectivity index (χ0n) is 7.63. The molecule has 14 heavy (non-hydrogen) atoms. The summed E-state index contributed by atoms with van der Waals surface area (Å²) >= 11 is 11.6. The van der Waals surface area contributed by atoms with E-state index >= 15 is 0 Å². The van der Waals surface area contributed by atoms with Crippen molar-refractivity contribution >= 4 is 23.2 Å². The first-order valence-corrected chi connectivity index (χ1v) is 4.87. The molecule has 0 fully saturated rings. The van der Waals surface area contributed by atoms with Crippen LogP contribution in [0.3, 0.4) is 0 Å². The molecule has 1 unspecified atom stereocenters. The maximum atomic E-state index is 8.44. The van der Waals surface area contributed by atoms with E-state index in [2.05, 4.69) is 0 Å². The first kappa shape index (κ1) is 11.2. The Labute approximate surface area is 93.0 Å². The van der Waals surface area contributed by atoms with Crippen LogP contribution in [0.15, 0.2) is 18.2 Å². The Morgan fingerprint density at radius 1 is 1.36 bits per heavy atom. The molecule has 0 aliphatic heterocycles. The molecule has 0 bridgehead atoms. The fourth-order valence-corrected chi connectivity index (χ4v) is 1.51. The van der Waals surface area contributed by atoms with Crippen molar-refractivity contribution in [2.75, 3.05) is 0 Å². The Bertz CT molecular complexity index is 339. The summed E-state index contributed by atoms with van der Waals surface area (Å²) in [5.41, 5.74) is 0. The minimum absolute atomic E-state index is 0.158. The molecule has 1 aromatic carbocycles. The molecular weight excluding hydrogens is 221 g/mol. The van der Waals surface area contributed by atoms with Crippen LogP contribution < -0.4 is 4.74 Å². The molecule has 2 nitrogen and oxygen atoms in total. The third-order valence-corrected chi connectivity index (χ3v) is 1.99. The summed E-state index contributed by atoms with van der Waals surface area (Å²) < 4.78 is 5.42. The van der Waals surface area contributed by atoms with Gasteiger partial charge >= 0.3 is 0 Å². The van der Waals surface area contributed by atoms with Crippen molar-refractivity contribution in [3.63, 3.8) is 0 Å². The molecule has 0 heterocycles. The first-order chi connectivity index (χ1) is 6.61. The summed E-state index contributed by atoms with van der Waals surface area (Å²) in [5, 5.41) is 9.49. The number of nitrogens with zero attached hydrogens (tertiary/aromatic N) is 1. The van der Waals surface area contributed by atoms with E-state index in [4.69, 9.17) is 33.2 Å². The molecule has 1 rings (SSSR count). The van der Waals surface area contributed by atoms with Gasteiger partial charge in [-0.05, 0) is 25.1 Å². The average Bonchev–Trinajstić information content (AvgIpc) is 2.01. The van der Waals surface area contributed by atoms with E-state index in [9.17, 15) is 0 Å². The molecule has 4 heteroatoms. The van der Waals surface area contributed by atoms with E-state index in [1.807, 2.05) is 13.0 Å². The van der Waals surface area contributed by atoms with E-state index < -0.39 is 0 Å². The highest BCUT2D eigenvalue weighted by atomic mass is 35.5. The average molecular weight is 230 g/mol. The summed E-state index contributed by atoms with van der Waals surface area (Å²) in [6.45, 7) is 1.82. The standard InChI is InChI=1S/C10H9Cl2NO/c1-7(2-3-13)14-10-5-8(11)4-9(12)6-10/h4-7H,2H2,1H3. The van der Waals surface area contributed by atoms with Crippen molar-refractivity contribution in [2.24, 2.45) is 0 Å². The van der Waals surface area contributed by atoms with Gasteiger partial charge in [0.15, 0.2) is 0 Å². The van der Waals surface area contributed by atoms with Gasteiger partial charge in [0.05, 0.1) is 12.5 Å². The van der Waals surface area contributed by atoms with E-state index in [1.165, 1.54) is 0 Å². The molecule has 0 aliphatic rings. The van der Waals surface area contributed by atoms with Crippen LogP contribution >= 0.6 is 23.2 Å². The predicted molar refractivity (Wildman–Crippen MR) is 56.8 cm³/mol. The zero-order chi connectivity index (χ0) is 10.6. The predicted octanol–water partition coefficient (Wildman–Crippen LogP) is 3.67. The first-order valence-electron chi connectivity index (χ1n) is 4.11. The van der Waals surface area contributed by atoms with E-state index in [0.29, 0.717) is 22.2 Å². The third-order valence-electron chi connectivity index (χ3n) is 1.55. The smallest absolute Gasteiger partial charge is 0.122 e. The molecule has 0 aromatic heterocycles. The van der Waals surface area contributed by atoms with Crippen LogP contribution in [0.4, 0.5) is 0 Å². The quantitative estimate of drug-likeness (QED) is 0.793. The number of benzene rings is 1. The summed E-state index contributed by atoms with van der Waals surface area (Å²) in [7, 11) is 0. The van der Waals surface area contributed by atoms with Gasteiger partial charge in [-0.1, -0.05) is 23.2 Å². The Morgan fingerprint density at radius 3 is 2.43 bits per heavy atom. The minimum Gasteiger partial charge on any atom is -0.490 e. The molecule has 1 atom stereocenters. The lowest BCUT2D eigenvalue weighted by Gasteiger charge is -2.11. The molecule has 0 saturated carbocycles. The number of ether oxygens (including phenoxy) is 1. The number of halogens is 2. The molecule has 0 saturated heterocycles. The molecule has 0 N–H and O–H groups in total. The van der Waals surface area contributed by atoms with Crippen molar-refractivity contribution in [3.05, 3.63) is 28.2 Å². The summed E-state index contributed by atoms with van der Waals surface area (Å²) in [6.07, 6.45) is 0.180. The fourth-order valence-electron chi connectivity index (χ4n) is 0.999. The van der Waals surface area contributed by atoms with Crippen LogP contribution in [0.5, 0.6) is 5.75 Å². The second kappa shape index (κ2) is 5.09. The SMILES string of the molecule is CC(CC#N)Oc1cc(Cl)cc(Cl)c1. The van der Waals surface area contributed by atoms with Crippen LogP contribution in [0.25, 0.3) is 0 Å². The Hall–Kier alpha value is -0.910. The molecular formula is C10H9Cl2NO. The highest BCUT2D eigenvalue weighted by Gasteiger charge is 2.04. The topological polar surface area (TPSA) is 33.0 Å². The minimum atomic E-state index is -0.158. The van der Waals surface area contributed by atoms with Crippen LogP contribution in [-0.2, 0) is 0 Å². The third kappa shape index (κ3) is 3.45. The Morgan fingerprint density at radius 2 is 1.93 bits per heavy atom. The lowest BCUT2D eigenvalue weighted by molar-refractivity contribution is 0.227. The molecule has 0 amide bonds. The van der Waals surface area contributed by atoms with Gasteiger partial charge in [-0.25, -0.2) is 0 Å². The van der Waals surface area contributed by atoms with Gasteiger partial charge in [-0.3, -0.25) is 0 Å². The molecule has 0 radical (unpaired) electrons. The fraction of sp³-hybridized carbons (Fsp3) is 0.300. The van der Waals surface area contributed by atoms with Gasteiger partial charge < -0.3 is 4.74 Å².